The van der Waals surface area contributed by atoms with Gasteiger partial charge in [-0.25, -0.2) is 0 Å². The van der Waals surface area contributed by atoms with E-state index >= 15 is 0 Å². The second kappa shape index (κ2) is 7.92. The third-order valence-electron chi connectivity index (χ3n) is 3.22. The predicted molar refractivity (Wildman–Crippen MR) is 103 cm³/mol. The molecule has 1 amide bonds. The van der Waals surface area contributed by atoms with Crippen molar-refractivity contribution >= 4 is 50.1 Å². The Morgan fingerprint density at radius 2 is 2.04 bits per heavy atom. The average molecular weight is 420 g/mol. The summed E-state index contributed by atoms with van der Waals surface area (Å²) < 4.78 is 1.90. The lowest BCUT2D eigenvalue weighted by Crippen LogP contribution is -2.11. The predicted octanol–water partition coefficient (Wildman–Crippen LogP) is 5.15. The first-order valence-electron chi connectivity index (χ1n) is 7.19. The first-order valence-corrected chi connectivity index (χ1v) is 9.79. The van der Waals surface area contributed by atoms with E-state index in [1.165, 1.54) is 16.9 Å². The Hall–Kier alpha value is -1.70. The fourth-order valence-electron chi connectivity index (χ4n) is 2.03. The number of benzene rings is 2. The van der Waals surface area contributed by atoms with E-state index in [4.69, 9.17) is 0 Å². The fourth-order valence-corrected chi connectivity index (χ4v) is 4.39. The van der Waals surface area contributed by atoms with Gasteiger partial charge in [-0.05, 0) is 30.7 Å². The van der Waals surface area contributed by atoms with Crippen molar-refractivity contribution in [3.05, 3.63) is 69.7 Å². The SMILES string of the molecule is Cc1cccc(C(=O)Nc2nnc(SCc3ccccc3Br)s2)c1. The van der Waals surface area contributed by atoms with Crippen LogP contribution >= 0.6 is 39.0 Å². The van der Waals surface area contributed by atoms with Crippen LogP contribution in [0.4, 0.5) is 5.13 Å². The van der Waals surface area contributed by atoms with E-state index in [9.17, 15) is 4.79 Å². The smallest absolute Gasteiger partial charge is 0.257 e. The van der Waals surface area contributed by atoms with E-state index in [0.29, 0.717) is 10.7 Å². The summed E-state index contributed by atoms with van der Waals surface area (Å²) in [5.41, 5.74) is 2.86. The van der Waals surface area contributed by atoms with Crippen LogP contribution in [0, 0.1) is 6.92 Å². The highest BCUT2D eigenvalue weighted by Gasteiger charge is 2.11. The van der Waals surface area contributed by atoms with Crippen molar-refractivity contribution < 1.29 is 4.79 Å². The van der Waals surface area contributed by atoms with Gasteiger partial charge in [-0.1, -0.05) is 74.9 Å². The molecule has 0 saturated heterocycles. The molecule has 0 aliphatic rings. The van der Waals surface area contributed by atoms with Crippen LogP contribution in [-0.2, 0) is 5.75 Å². The van der Waals surface area contributed by atoms with Gasteiger partial charge in [-0.3, -0.25) is 10.1 Å². The molecular weight excluding hydrogens is 406 g/mol. The molecular formula is C17H14BrN3OS2. The lowest BCUT2D eigenvalue weighted by molar-refractivity contribution is 0.102. The second-order valence-corrected chi connectivity index (χ2v) is 8.13. The Bertz CT molecular complexity index is 866. The average Bonchev–Trinajstić information content (AvgIpc) is 3.01. The first-order chi connectivity index (χ1) is 11.6. The van der Waals surface area contributed by atoms with Crippen molar-refractivity contribution in [2.75, 3.05) is 5.32 Å². The monoisotopic (exact) mass is 419 g/mol. The summed E-state index contributed by atoms with van der Waals surface area (Å²) >= 11 is 6.51. The van der Waals surface area contributed by atoms with Crippen LogP contribution in [0.1, 0.15) is 21.5 Å². The molecule has 0 radical (unpaired) electrons. The van der Waals surface area contributed by atoms with Crippen LogP contribution in [0.5, 0.6) is 0 Å². The molecule has 0 aliphatic heterocycles. The van der Waals surface area contributed by atoms with Crippen LogP contribution in [0.15, 0.2) is 57.3 Å². The molecule has 1 heterocycles. The van der Waals surface area contributed by atoms with E-state index in [2.05, 4.69) is 37.5 Å². The van der Waals surface area contributed by atoms with E-state index in [1.807, 2.05) is 43.3 Å². The number of halogens is 1. The van der Waals surface area contributed by atoms with Crippen molar-refractivity contribution in [1.29, 1.82) is 0 Å². The molecule has 1 N–H and O–H groups in total. The number of nitrogens with one attached hydrogen (secondary N) is 1. The van der Waals surface area contributed by atoms with Crippen molar-refractivity contribution in [3.8, 4) is 0 Å². The number of amides is 1. The molecule has 3 aromatic rings. The number of nitrogens with zero attached hydrogens (tertiary/aromatic N) is 2. The highest BCUT2D eigenvalue weighted by molar-refractivity contribution is 9.10. The largest absolute Gasteiger partial charge is 0.296 e. The number of rotatable bonds is 5. The van der Waals surface area contributed by atoms with Crippen LogP contribution in [0.2, 0.25) is 0 Å². The minimum absolute atomic E-state index is 0.169. The molecule has 24 heavy (non-hydrogen) atoms. The molecule has 0 spiro atoms. The Morgan fingerprint density at radius 1 is 1.21 bits per heavy atom. The highest BCUT2D eigenvalue weighted by Crippen LogP contribution is 2.30. The standard InChI is InChI=1S/C17H14BrN3OS2/c1-11-5-4-7-12(9-11)15(22)19-16-20-21-17(24-16)23-10-13-6-2-3-8-14(13)18/h2-9H,10H2,1H3,(H,19,20,22). The third-order valence-corrected chi connectivity index (χ3v) is 6.01. The van der Waals surface area contributed by atoms with Crippen LogP contribution in [0.3, 0.4) is 0 Å². The second-order valence-electron chi connectivity index (χ2n) is 5.08. The molecule has 7 heteroatoms. The van der Waals surface area contributed by atoms with Crippen molar-refractivity contribution in [3.63, 3.8) is 0 Å². The number of carbonyl (C=O) groups is 1. The molecule has 2 aromatic carbocycles. The zero-order valence-corrected chi connectivity index (χ0v) is 16.0. The summed E-state index contributed by atoms with van der Waals surface area (Å²) in [5.74, 6) is 0.624. The van der Waals surface area contributed by atoms with Gasteiger partial charge in [0.2, 0.25) is 5.13 Å². The number of thioether (sulfide) groups is 1. The lowest BCUT2D eigenvalue weighted by atomic mass is 10.1. The van der Waals surface area contributed by atoms with Crippen molar-refractivity contribution in [1.82, 2.24) is 10.2 Å². The van der Waals surface area contributed by atoms with Gasteiger partial charge in [0.25, 0.3) is 5.91 Å². The molecule has 4 nitrogen and oxygen atoms in total. The van der Waals surface area contributed by atoms with E-state index < -0.39 is 0 Å². The quantitative estimate of drug-likeness (QED) is 0.458. The molecule has 0 saturated carbocycles. The van der Waals surface area contributed by atoms with Crippen molar-refractivity contribution in [2.45, 2.75) is 17.0 Å². The summed E-state index contributed by atoms with van der Waals surface area (Å²) in [6.45, 7) is 1.96. The summed E-state index contributed by atoms with van der Waals surface area (Å²) in [7, 11) is 0. The fraction of sp³-hybridized carbons (Fsp3) is 0.118. The molecule has 1 aromatic heterocycles. The molecule has 0 unspecified atom stereocenters. The summed E-state index contributed by atoms with van der Waals surface area (Å²) in [6.07, 6.45) is 0. The van der Waals surface area contributed by atoms with Gasteiger partial charge in [-0.2, -0.15) is 0 Å². The minimum Gasteiger partial charge on any atom is -0.296 e. The molecule has 0 bridgehead atoms. The van der Waals surface area contributed by atoms with Crippen LogP contribution in [-0.4, -0.2) is 16.1 Å². The molecule has 0 fully saturated rings. The van der Waals surface area contributed by atoms with Gasteiger partial charge in [0.15, 0.2) is 4.34 Å². The van der Waals surface area contributed by atoms with Gasteiger partial charge in [-0.15, -0.1) is 10.2 Å². The maximum absolute atomic E-state index is 12.2. The van der Waals surface area contributed by atoms with Gasteiger partial charge >= 0.3 is 0 Å². The normalized spacial score (nSPS) is 10.6. The zero-order valence-electron chi connectivity index (χ0n) is 12.8. The Morgan fingerprint density at radius 3 is 2.83 bits per heavy atom. The number of anilines is 1. The number of carbonyl (C=O) groups excluding carboxylic acids is 1. The molecule has 0 atom stereocenters. The molecule has 3 rings (SSSR count). The summed E-state index contributed by atoms with van der Waals surface area (Å²) in [6, 6.07) is 15.5. The topological polar surface area (TPSA) is 54.9 Å². The van der Waals surface area contributed by atoms with Gasteiger partial charge < -0.3 is 0 Å². The van der Waals surface area contributed by atoms with E-state index in [-0.39, 0.29) is 5.91 Å². The molecule has 122 valence electrons. The lowest BCUT2D eigenvalue weighted by Gasteiger charge is -2.02. The van der Waals surface area contributed by atoms with Gasteiger partial charge in [0, 0.05) is 15.8 Å². The third kappa shape index (κ3) is 4.43. The Kier molecular flexibility index (Phi) is 5.65. The highest BCUT2D eigenvalue weighted by atomic mass is 79.9. The van der Waals surface area contributed by atoms with Crippen LogP contribution < -0.4 is 5.32 Å². The molecule has 0 aliphatic carbocycles. The summed E-state index contributed by atoms with van der Waals surface area (Å²) in [5, 5.41) is 11.5. The van der Waals surface area contributed by atoms with Crippen molar-refractivity contribution in [2.24, 2.45) is 0 Å². The summed E-state index contributed by atoms with van der Waals surface area (Å²) in [4.78, 5) is 12.2. The Balaban J connectivity index is 1.61. The Labute approximate surface area is 156 Å². The number of hydrogen-bond donors (Lipinski definition) is 1. The van der Waals surface area contributed by atoms with E-state index in [0.717, 1.165) is 20.1 Å². The number of aryl methyl sites for hydroxylation is 1. The number of aromatic nitrogens is 2. The first kappa shape index (κ1) is 17.1. The van der Waals surface area contributed by atoms with E-state index in [1.54, 1.807) is 17.8 Å². The van der Waals surface area contributed by atoms with Gasteiger partial charge in [0.1, 0.15) is 0 Å². The maximum Gasteiger partial charge on any atom is 0.257 e. The minimum atomic E-state index is -0.169. The van der Waals surface area contributed by atoms with Crippen LogP contribution in [0.25, 0.3) is 0 Å². The number of hydrogen-bond acceptors (Lipinski definition) is 5. The van der Waals surface area contributed by atoms with Gasteiger partial charge in [0.05, 0.1) is 0 Å². The maximum atomic E-state index is 12.2. The zero-order chi connectivity index (χ0) is 16.9.